The zero-order valence-electron chi connectivity index (χ0n) is 17.2. The van der Waals surface area contributed by atoms with Gasteiger partial charge in [0.2, 0.25) is 10.0 Å². The zero-order valence-corrected chi connectivity index (χ0v) is 18.1. The molecule has 0 amide bonds. The number of rotatable bonds is 12. The van der Waals surface area contributed by atoms with Crippen LogP contribution in [0.4, 0.5) is 5.69 Å². The Bertz CT molecular complexity index is 818. The standard InChI is InChI=1S/C21H32N2O5S/c1-16(2)28-14-6-12-23-29(26,27)18-9-10-20(19(15-18)21(24)25)22-13-11-17-7-4-3-5-8-17/h7,9-10,15-16,22-23H,3-6,8,11-14H2,1-2H3,(H,24,25). The van der Waals surface area contributed by atoms with E-state index in [2.05, 4.69) is 16.1 Å². The molecule has 8 heteroatoms. The largest absolute Gasteiger partial charge is 0.478 e. The van der Waals surface area contributed by atoms with Gasteiger partial charge in [0.15, 0.2) is 0 Å². The molecular formula is C21H32N2O5S. The highest BCUT2D eigenvalue weighted by atomic mass is 32.2. The van der Waals surface area contributed by atoms with E-state index in [9.17, 15) is 18.3 Å². The van der Waals surface area contributed by atoms with E-state index in [1.807, 2.05) is 13.8 Å². The van der Waals surface area contributed by atoms with Gasteiger partial charge >= 0.3 is 5.97 Å². The summed E-state index contributed by atoms with van der Waals surface area (Å²) in [4.78, 5) is 11.6. The molecule has 0 aliphatic heterocycles. The molecule has 0 saturated carbocycles. The van der Waals surface area contributed by atoms with Crippen molar-refractivity contribution in [3.05, 3.63) is 35.4 Å². The Morgan fingerprint density at radius 1 is 1.24 bits per heavy atom. The van der Waals surface area contributed by atoms with Crippen LogP contribution < -0.4 is 10.0 Å². The second-order valence-electron chi connectivity index (χ2n) is 7.47. The second kappa shape index (κ2) is 11.3. The molecule has 0 spiro atoms. The number of ether oxygens (including phenoxy) is 1. The highest BCUT2D eigenvalue weighted by Crippen LogP contribution is 2.23. The Balaban J connectivity index is 1.98. The summed E-state index contributed by atoms with van der Waals surface area (Å²) in [6, 6.07) is 4.16. The average Bonchev–Trinajstić information content (AvgIpc) is 2.68. The molecule has 0 atom stereocenters. The minimum absolute atomic E-state index is 0.0476. The molecule has 0 heterocycles. The first-order valence-electron chi connectivity index (χ1n) is 10.2. The molecule has 0 fully saturated rings. The van der Waals surface area contributed by atoms with Gasteiger partial charge in [-0.25, -0.2) is 17.9 Å². The highest BCUT2D eigenvalue weighted by Gasteiger charge is 2.18. The Morgan fingerprint density at radius 2 is 2.03 bits per heavy atom. The number of benzene rings is 1. The number of anilines is 1. The third-order valence-corrected chi connectivity index (χ3v) is 6.20. The average molecular weight is 425 g/mol. The molecule has 0 bridgehead atoms. The molecule has 162 valence electrons. The molecule has 0 radical (unpaired) electrons. The number of allylic oxidation sites excluding steroid dienone is 1. The fourth-order valence-corrected chi connectivity index (χ4v) is 4.29. The van der Waals surface area contributed by atoms with Crippen molar-refractivity contribution in [3.8, 4) is 0 Å². The van der Waals surface area contributed by atoms with Gasteiger partial charge in [-0.05, 0) is 70.6 Å². The van der Waals surface area contributed by atoms with Gasteiger partial charge in [0.05, 0.1) is 16.6 Å². The third kappa shape index (κ3) is 7.79. The molecule has 29 heavy (non-hydrogen) atoms. The monoisotopic (exact) mass is 424 g/mol. The number of carbonyl (C=O) groups is 1. The van der Waals surface area contributed by atoms with Gasteiger partial charge in [-0.3, -0.25) is 0 Å². The molecule has 1 aliphatic carbocycles. The van der Waals surface area contributed by atoms with Gasteiger partial charge in [0, 0.05) is 25.4 Å². The summed E-state index contributed by atoms with van der Waals surface area (Å²) in [5, 5.41) is 12.7. The summed E-state index contributed by atoms with van der Waals surface area (Å²) in [6.45, 7) is 5.14. The molecule has 1 aromatic rings. The predicted molar refractivity (Wildman–Crippen MR) is 114 cm³/mol. The predicted octanol–water partition coefficient (Wildman–Crippen LogP) is 3.78. The van der Waals surface area contributed by atoms with Crippen molar-refractivity contribution in [2.75, 3.05) is 25.0 Å². The van der Waals surface area contributed by atoms with Crippen LogP contribution in [0, 0.1) is 0 Å². The van der Waals surface area contributed by atoms with E-state index < -0.39 is 16.0 Å². The number of carboxylic acid groups (broad SMARTS) is 1. The molecule has 0 aromatic heterocycles. The van der Waals surface area contributed by atoms with Crippen molar-refractivity contribution >= 4 is 21.7 Å². The van der Waals surface area contributed by atoms with Crippen molar-refractivity contribution in [1.29, 1.82) is 0 Å². The molecule has 1 aliphatic rings. The smallest absolute Gasteiger partial charge is 0.337 e. The summed E-state index contributed by atoms with van der Waals surface area (Å²) >= 11 is 0. The van der Waals surface area contributed by atoms with Gasteiger partial charge < -0.3 is 15.2 Å². The Labute approximate surface area is 173 Å². The lowest BCUT2D eigenvalue weighted by molar-refractivity contribution is 0.0697. The minimum atomic E-state index is -3.78. The number of nitrogens with one attached hydrogen (secondary N) is 2. The Hall–Kier alpha value is -1.90. The van der Waals surface area contributed by atoms with E-state index in [0.717, 1.165) is 19.3 Å². The van der Waals surface area contributed by atoms with E-state index >= 15 is 0 Å². The van der Waals surface area contributed by atoms with Crippen molar-refractivity contribution < 1.29 is 23.1 Å². The lowest BCUT2D eigenvalue weighted by atomic mass is 9.97. The van der Waals surface area contributed by atoms with Gasteiger partial charge in [0.25, 0.3) is 0 Å². The van der Waals surface area contributed by atoms with Crippen molar-refractivity contribution in [3.63, 3.8) is 0 Å². The summed E-state index contributed by atoms with van der Waals surface area (Å²) < 4.78 is 32.8. The van der Waals surface area contributed by atoms with Crippen molar-refractivity contribution in [1.82, 2.24) is 4.72 Å². The van der Waals surface area contributed by atoms with Crippen LogP contribution in [-0.4, -0.2) is 45.3 Å². The Kier molecular flexibility index (Phi) is 9.13. The Morgan fingerprint density at radius 3 is 2.69 bits per heavy atom. The maximum atomic E-state index is 12.5. The second-order valence-corrected chi connectivity index (χ2v) is 9.24. The fraction of sp³-hybridized carbons (Fsp3) is 0.571. The van der Waals surface area contributed by atoms with E-state index in [0.29, 0.717) is 25.3 Å². The van der Waals surface area contributed by atoms with Crippen LogP contribution in [0.3, 0.4) is 0 Å². The maximum absolute atomic E-state index is 12.5. The van der Waals surface area contributed by atoms with Crippen molar-refractivity contribution in [2.45, 2.75) is 63.4 Å². The van der Waals surface area contributed by atoms with E-state index in [-0.39, 0.29) is 23.1 Å². The van der Waals surface area contributed by atoms with Crippen LogP contribution in [-0.2, 0) is 14.8 Å². The first kappa shape index (κ1) is 23.4. The normalized spacial score (nSPS) is 14.7. The van der Waals surface area contributed by atoms with Crippen LogP contribution in [0.5, 0.6) is 0 Å². The molecule has 0 unspecified atom stereocenters. The summed E-state index contributed by atoms with van der Waals surface area (Å²) in [5.74, 6) is -1.16. The summed E-state index contributed by atoms with van der Waals surface area (Å²) in [6.07, 6.45) is 8.40. The first-order chi connectivity index (χ1) is 13.8. The van der Waals surface area contributed by atoms with Crippen LogP contribution in [0.1, 0.15) is 62.7 Å². The van der Waals surface area contributed by atoms with E-state index in [4.69, 9.17) is 4.74 Å². The molecule has 2 rings (SSSR count). The number of carboxylic acids is 1. The minimum Gasteiger partial charge on any atom is -0.478 e. The molecular weight excluding hydrogens is 392 g/mol. The number of sulfonamides is 1. The molecule has 3 N–H and O–H groups in total. The first-order valence-corrected chi connectivity index (χ1v) is 11.7. The van der Waals surface area contributed by atoms with E-state index in [1.54, 1.807) is 0 Å². The number of hydrogen-bond donors (Lipinski definition) is 3. The topological polar surface area (TPSA) is 105 Å². The van der Waals surface area contributed by atoms with E-state index in [1.165, 1.54) is 36.6 Å². The number of aromatic carboxylic acids is 1. The lowest BCUT2D eigenvalue weighted by Gasteiger charge is -2.15. The van der Waals surface area contributed by atoms with Crippen LogP contribution in [0.2, 0.25) is 0 Å². The maximum Gasteiger partial charge on any atom is 0.337 e. The SMILES string of the molecule is CC(C)OCCCNS(=O)(=O)c1ccc(NCCC2=CCCCC2)c(C(=O)O)c1. The van der Waals surface area contributed by atoms with Crippen LogP contribution in [0.15, 0.2) is 34.7 Å². The van der Waals surface area contributed by atoms with Gasteiger partial charge in [-0.2, -0.15) is 0 Å². The zero-order chi connectivity index (χ0) is 21.3. The summed E-state index contributed by atoms with van der Waals surface area (Å²) in [5.41, 5.74) is 1.78. The lowest BCUT2D eigenvalue weighted by Crippen LogP contribution is -2.26. The quantitative estimate of drug-likeness (QED) is 0.348. The van der Waals surface area contributed by atoms with Crippen LogP contribution >= 0.6 is 0 Å². The molecule has 7 nitrogen and oxygen atoms in total. The number of hydrogen-bond acceptors (Lipinski definition) is 5. The van der Waals surface area contributed by atoms with Crippen molar-refractivity contribution in [2.24, 2.45) is 0 Å². The molecule has 1 aromatic carbocycles. The summed E-state index contributed by atoms with van der Waals surface area (Å²) in [7, 11) is -3.78. The van der Waals surface area contributed by atoms with Crippen LogP contribution in [0.25, 0.3) is 0 Å². The van der Waals surface area contributed by atoms with Gasteiger partial charge in [0.1, 0.15) is 0 Å². The molecule has 0 saturated heterocycles. The fourth-order valence-electron chi connectivity index (χ4n) is 3.19. The van der Waals surface area contributed by atoms with Gasteiger partial charge in [-0.15, -0.1) is 0 Å². The third-order valence-electron chi connectivity index (χ3n) is 4.74. The van der Waals surface area contributed by atoms with Gasteiger partial charge in [-0.1, -0.05) is 11.6 Å². The highest BCUT2D eigenvalue weighted by molar-refractivity contribution is 7.89.